The van der Waals surface area contributed by atoms with Crippen molar-refractivity contribution in [1.82, 2.24) is 5.32 Å². The zero-order valence-corrected chi connectivity index (χ0v) is 12.2. The smallest absolute Gasteiger partial charge is 0.313 e. The third-order valence-corrected chi connectivity index (χ3v) is 4.85. The first-order valence-corrected chi connectivity index (χ1v) is 8.21. The number of aliphatic carboxylic acids is 1. The highest BCUT2D eigenvalue weighted by Gasteiger charge is 2.22. The van der Waals surface area contributed by atoms with Gasteiger partial charge in [0.05, 0.1) is 17.5 Å². The molecule has 1 atom stereocenters. The molecule has 108 valence electrons. The van der Waals surface area contributed by atoms with Crippen molar-refractivity contribution >= 4 is 35.4 Å². The number of rotatable bonds is 5. The zero-order chi connectivity index (χ0) is 14.5. The molecule has 0 saturated heterocycles. The van der Waals surface area contributed by atoms with E-state index in [4.69, 9.17) is 5.11 Å². The molecule has 0 saturated carbocycles. The molecule has 1 aliphatic rings. The van der Waals surface area contributed by atoms with Crippen molar-refractivity contribution in [3.63, 3.8) is 0 Å². The van der Waals surface area contributed by atoms with Crippen LogP contribution in [0.2, 0.25) is 0 Å². The average Bonchev–Trinajstić information content (AvgIpc) is 2.39. The molecule has 0 aromatic heterocycles. The molecule has 1 aliphatic heterocycles. The number of carbonyl (C=O) groups excluding carboxylic acids is 1. The SMILES string of the molecule is O=C(O)CSCC(=O)NC1CCSc2ccc(F)cc21. The van der Waals surface area contributed by atoms with Crippen molar-refractivity contribution in [2.45, 2.75) is 17.4 Å². The van der Waals surface area contributed by atoms with Crippen molar-refractivity contribution in [1.29, 1.82) is 0 Å². The molecule has 20 heavy (non-hydrogen) atoms. The van der Waals surface area contributed by atoms with E-state index in [9.17, 15) is 14.0 Å². The van der Waals surface area contributed by atoms with Crippen molar-refractivity contribution in [3.8, 4) is 0 Å². The number of carboxylic acids is 1. The number of carbonyl (C=O) groups is 2. The van der Waals surface area contributed by atoms with E-state index in [1.165, 1.54) is 12.1 Å². The van der Waals surface area contributed by atoms with Crippen LogP contribution in [0.3, 0.4) is 0 Å². The molecule has 4 nitrogen and oxygen atoms in total. The maximum atomic E-state index is 13.3. The summed E-state index contributed by atoms with van der Waals surface area (Å²) in [5.41, 5.74) is 0.804. The molecule has 2 rings (SSSR count). The van der Waals surface area contributed by atoms with Crippen LogP contribution in [0.25, 0.3) is 0 Å². The van der Waals surface area contributed by atoms with Crippen LogP contribution in [-0.4, -0.2) is 34.2 Å². The van der Waals surface area contributed by atoms with Gasteiger partial charge in [0.25, 0.3) is 0 Å². The quantitative estimate of drug-likeness (QED) is 0.873. The van der Waals surface area contributed by atoms with Gasteiger partial charge >= 0.3 is 5.97 Å². The maximum absolute atomic E-state index is 13.3. The number of hydrogen-bond acceptors (Lipinski definition) is 4. The van der Waals surface area contributed by atoms with Gasteiger partial charge in [0.15, 0.2) is 0 Å². The Labute approximate surface area is 124 Å². The van der Waals surface area contributed by atoms with Crippen LogP contribution in [0.4, 0.5) is 4.39 Å². The van der Waals surface area contributed by atoms with E-state index in [-0.39, 0.29) is 29.3 Å². The first-order chi connectivity index (χ1) is 9.56. The molecule has 0 aliphatic carbocycles. The van der Waals surface area contributed by atoms with Gasteiger partial charge in [-0.3, -0.25) is 9.59 Å². The van der Waals surface area contributed by atoms with E-state index in [2.05, 4.69) is 5.32 Å². The van der Waals surface area contributed by atoms with E-state index in [0.717, 1.165) is 34.4 Å². The standard InChI is InChI=1S/C13H14FNO3S2/c14-8-1-2-11-9(5-8)10(3-4-20-11)15-12(16)6-19-7-13(17)18/h1-2,5,10H,3-4,6-7H2,(H,15,16)(H,17,18). The molecule has 0 spiro atoms. The van der Waals surface area contributed by atoms with Crippen LogP contribution in [0.5, 0.6) is 0 Å². The lowest BCUT2D eigenvalue weighted by molar-refractivity contribution is -0.133. The Morgan fingerprint density at radius 2 is 2.25 bits per heavy atom. The van der Waals surface area contributed by atoms with Gasteiger partial charge in [-0.2, -0.15) is 0 Å². The van der Waals surface area contributed by atoms with E-state index in [1.54, 1.807) is 17.8 Å². The summed E-state index contributed by atoms with van der Waals surface area (Å²) in [6.07, 6.45) is 0.746. The van der Waals surface area contributed by atoms with Crippen LogP contribution < -0.4 is 5.32 Å². The summed E-state index contributed by atoms with van der Waals surface area (Å²) in [7, 11) is 0. The largest absolute Gasteiger partial charge is 0.481 e. The van der Waals surface area contributed by atoms with E-state index < -0.39 is 5.97 Å². The van der Waals surface area contributed by atoms with E-state index in [1.807, 2.05) is 0 Å². The van der Waals surface area contributed by atoms with Crippen LogP contribution in [0.15, 0.2) is 23.1 Å². The highest BCUT2D eigenvalue weighted by atomic mass is 32.2. The summed E-state index contributed by atoms with van der Waals surface area (Å²) in [6.45, 7) is 0. The molecule has 1 heterocycles. The predicted octanol–water partition coefficient (Wildman–Crippen LogP) is 2.30. The number of benzene rings is 1. The van der Waals surface area contributed by atoms with Gasteiger partial charge in [0.2, 0.25) is 5.91 Å². The van der Waals surface area contributed by atoms with Gasteiger partial charge in [-0.1, -0.05) is 0 Å². The average molecular weight is 315 g/mol. The summed E-state index contributed by atoms with van der Waals surface area (Å²) in [5, 5.41) is 11.4. The van der Waals surface area contributed by atoms with Crippen LogP contribution in [-0.2, 0) is 9.59 Å². The van der Waals surface area contributed by atoms with Gasteiger partial charge in [0, 0.05) is 10.6 Å². The van der Waals surface area contributed by atoms with Gasteiger partial charge in [-0.15, -0.1) is 23.5 Å². The number of nitrogens with one attached hydrogen (secondary N) is 1. The summed E-state index contributed by atoms with van der Waals surface area (Å²) in [5.74, 6) is -0.607. The fraction of sp³-hybridized carbons (Fsp3) is 0.385. The Hall–Kier alpha value is -1.21. The minimum Gasteiger partial charge on any atom is -0.481 e. The van der Waals surface area contributed by atoms with Gasteiger partial charge in [-0.25, -0.2) is 4.39 Å². The Morgan fingerprint density at radius 1 is 1.45 bits per heavy atom. The second kappa shape index (κ2) is 6.99. The van der Waals surface area contributed by atoms with Crippen LogP contribution in [0, 0.1) is 5.82 Å². The molecule has 0 bridgehead atoms. The van der Waals surface area contributed by atoms with Gasteiger partial charge in [-0.05, 0) is 30.2 Å². The summed E-state index contributed by atoms with van der Waals surface area (Å²) in [4.78, 5) is 23.1. The molecule has 1 unspecified atom stereocenters. The van der Waals surface area contributed by atoms with Crippen LogP contribution in [0.1, 0.15) is 18.0 Å². The highest BCUT2D eigenvalue weighted by Crippen LogP contribution is 2.36. The molecule has 0 fully saturated rings. The number of carboxylic acid groups (broad SMARTS) is 1. The fourth-order valence-electron chi connectivity index (χ4n) is 1.98. The van der Waals surface area contributed by atoms with E-state index >= 15 is 0 Å². The lowest BCUT2D eigenvalue weighted by Gasteiger charge is -2.26. The second-order valence-electron chi connectivity index (χ2n) is 4.33. The molecule has 1 aromatic rings. The molecule has 1 amide bonds. The Bertz CT molecular complexity index is 524. The first-order valence-electron chi connectivity index (χ1n) is 6.07. The Morgan fingerprint density at radius 3 is 3.00 bits per heavy atom. The number of fused-ring (bicyclic) bond motifs is 1. The van der Waals surface area contributed by atoms with Crippen molar-refractivity contribution in [2.24, 2.45) is 0 Å². The minimum atomic E-state index is -0.940. The third kappa shape index (κ3) is 4.14. The number of hydrogen-bond donors (Lipinski definition) is 2. The topological polar surface area (TPSA) is 66.4 Å². The van der Waals surface area contributed by atoms with Crippen molar-refractivity contribution in [3.05, 3.63) is 29.6 Å². The fourth-order valence-corrected chi connectivity index (χ4v) is 3.63. The number of halogens is 1. The lowest BCUT2D eigenvalue weighted by atomic mass is 10.0. The van der Waals surface area contributed by atoms with Gasteiger partial charge < -0.3 is 10.4 Å². The third-order valence-electron chi connectivity index (χ3n) is 2.81. The van der Waals surface area contributed by atoms with E-state index in [0.29, 0.717) is 0 Å². The normalized spacial score (nSPS) is 17.4. The lowest BCUT2D eigenvalue weighted by Crippen LogP contribution is -2.32. The van der Waals surface area contributed by atoms with Crippen LogP contribution >= 0.6 is 23.5 Å². The molecule has 7 heteroatoms. The predicted molar refractivity (Wildman–Crippen MR) is 77.6 cm³/mol. The van der Waals surface area contributed by atoms with Crippen molar-refractivity contribution in [2.75, 3.05) is 17.3 Å². The highest BCUT2D eigenvalue weighted by molar-refractivity contribution is 8.00. The van der Waals surface area contributed by atoms with Crippen molar-refractivity contribution < 1.29 is 19.1 Å². The number of thioether (sulfide) groups is 2. The summed E-state index contributed by atoms with van der Waals surface area (Å²) >= 11 is 2.70. The maximum Gasteiger partial charge on any atom is 0.313 e. The zero-order valence-electron chi connectivity index (χ0n) is 10.6. The molecule has 0 radical (unpaired) electrons. The molecule has 1 aromatic carbocycles. The Kier molecular flexibility index (Phi) is 5.31. The second-order valence-corrected chi connectivity index (χ2v) is 6.45. The molecular formula is C13H14FNO3S2. The monoisotopic (exact) mass is 315 g/mol. The minimum absolute atomic E-state index is 0.0978. The molecule has 2 N–H and O–H groups in total. The molecular weight excluding hydrogens is 301 g/mol. The first kappa shape index (κ1) is 15.2. The Balaban J connectivity index is 1.96. The summed E-state index contributed by atoms with van der Waals surface area (Å²) in [6, 6.07) is 4.41. The number of amides is 1. The van der Waals surface area contributed by atoms with Gasteiger partial charge in [0.1, 0.15) is 5.82 Å². The summed E-state index contributed by atoms with van der Waals surface area (Å²) < 4.78 is 13.3.